The molecule has 0 radical (unpaired) electrons. The summed E-state index contributed by atoms with van der Waals surface area (Å²) < 4.78 is 0. The first kappa shape index (κ1) is 24.7. The molecule has 1 aromatic rings. The summed E-state index contributed by atoms with van der Waals surface area (Å²) in [5.74, 6) is 1.51. The van der Waals surface area contributed by atoms with Gasteiger partial charge in [-0.1, -0.05) is 37.3 Å². The number of hydrogen-bond acceptors (Lipinski definition) is 3. The maximum atomic E-state index is 12.3. The van der Waals surface area contributed by atoms with Crippen LogP contribution >= 0.6 is 24.0 Å². The number of carbonyl (C=O) groups is 1. The summed E-state index contributed by atoms with van der Waals surface area (Å²) in [6.45, 7) is 7.82. The van der Waals surface area contributed by atoms with Gasteiger partial charge in [-0.3, -0.25) is 9.79 Å². The average molecular weight is 502 g/mol. The fraction of sp³-hybridized carbons (Fsp3) is 0.619. The second kappa shape index (κ2) is 13.8. The Hall–Kier alpha value is -1.35. The monoisotopic (exact) mass is 502 g/mol. The summed E-state index contributed by atoms with van der Waals surface area (Å²) in [6, 6.07) is 9.63. The van der Waals surface area contributed by atoms with Gasteiger partial charge >= 0.3 is 0 Å². The molecular weight excluding hydrogens is 467 g/mol. The summed E-state index contributed by atoms with van der Waals surface area (Å²) in [4.78, 5) is 18.8. The van der Waals surface area contributed by atoms with Crippen molar-refractivity contribution in [3.63, 3.8) is 0 Å². The largest absolute Gasteiger partial charge is 0.388 e. The van der Waals surface area contributed by atoms with Gasteiger partial charge in [0.05, 0.1) is 6.10 Å². The van der Waals surface area contributed by atoms with Gasteiger partial charge in [-0.2, -0.15) is 0 Å². The van der Waals surface area contributed by atoms with Crippen LogP contribution in [0.4, 0.5) is 0 Å². The molecule has 1 amide bonds. The number of amides is 1. The van der Waals surface area contributed by atoms with E-state index in [-0.39, 0.29) is 29.9 Å². The molecule has 2 atom stereocenters. The van der Waals surface area contributed by atoms with Crippen molar-refractivity contribution in [2.45, 2.75) is 45.6 Å². The summed E-state index contributed by atoms with van der Waals surface area (Å²) in [5, 5.41) is 16.6. The number of benzene rings is 1. The number of hydrogen-bond donors (Lipinski definition) is 3. The van der Waals surface area contributed by atoms with E-state index in [0.29, 0.717) is 37.8 Å². The van der Waals surface area contributed by atoms with Crippen molar-refractivity contribution in [1.82, 2.24) is 15.5 Å². The van der Waals surface area contributed by atoms with Crippen molar-refractivity contribution in [2.24, 2.45) is 10.9 Å². The molecule has 1 saturated heterocycles. The number of piperidine rings is 1. The summed E-state index contributed by atoms with van der Waals surface area (Å²) >= 11 is 0. The third-order valence-corrected chi connectivity index (χ3v) is 4.84. The standard InChI is InChI=1S/C21H34N4O2.HI/c1-3-22-21(23-13-11-19(26)18-9-5-4-6-10-18)24-14-12-20(27)25-15-7-8-17(2)16-25;/h4-6,9-10,17,19,26H,3,7-8,11-16H2,1-2H3,(H2,22,23,24);1H. The number of likely N-dealkylation sites (tertiary alicyclic amines) is 1. The van der Waals surface area contributed by atoms with Crippen LogP contribution in [0.1, 0.15) is 51.2 Å². The van der Waals surface area contributed by atoms with Gasteiger partial charge in [0.2, 0.25) is 5.91 Å². The van der Waals surface area contributed by atoms with Crippen LogP contribution in [-0.4, -0.2) is 54.6 Å². The lowest BCUT2D eigenvalue weighted by atomic mass is 10.00. The minimum atomic E-state index is -0.513. The zero-order chi connectivity index (χ0) is 19.5. The van der Waals surface area contributed by atoms with Crippen LogP contribution < -0.4 is 10.6 Å². The van der Waals surface area contributed by atoms with Gasteiger partial charge < -0.3 is 20.6 Å². The van der Waals surface area contributed by atoms with Crippen LogP contribution in [0.2, 0.25) is 0 Å². The van der Waals surface area contributed by atoms with E-state index in [2.05, 4.69) is 22.5 Å². The Morgan fingerprint density at radius 1 is 1.32 bits per heavy atom. The van der Waals surface area contributed by atoms with Crippen LogP contribution in [-0.2, 0) is 4.79 Å². The molecule has 6 nitrogen and oxygen atoms in total. The fourth-order valence-corrected chi connectivity index (χ4v) is 3.34. The number of aliphatic imine (C=N–C) groups is 1. The molecule has 0 aliphatic carbocycles. The van der Waals surface area contributed by atoms with Crippen molar-refractivity contribution in [3.8, 4) is 0 Å². The topological polar surface area (TPSA) is 77.0 Å². The van der Waals surface area contributed by atoms with E-state index < -0.39 is 6.10 Å². The molecule has 0 saturated carbocycles. The van der Waals surface area contributed by atoms with Crippen LogP contribution in [0, 0.1) is 5.92 Å². The highest BCUT2D eigenvalue weighted by atomic mass is 127. The molecule has 0 aromatic heterocycles. The van der Waals surface area contributed by atoms with Gasteiger partial charge in [0.1, 0.15) is 0 Å². The third kappa shape index (κ3) is 8.77. The molecule has 1 aliphatic rings. The lowest BCUT2D eigenvalue weighted by molar-refractivity contribution is -0.132. The van der Waals surface area contributed by atoms with Gasteiger partial charge in [-0.25, -0.2) is 0 Å². The highest BCUT2D eigenvalue weighted by Gasteiger charge is 2.20. The van der Waals surface area contributed by atoms with E-state index in [1.165, 1.54) is 6.42 Å². The number of nitrogens with one attached hydrogen (secondary N) is 2. The van der Waals surface area contributed by atoms with E-state index in [9.17, 15) is 9.90 Å². The lowest BCUT2D eigenvalue weighted by Crippen LogP contribution is -2.42. The average Bonchev–Trinajstić information content (AvgIpc) is 2.68. The molecular formula is C21H35IN4O2. The number of carbonyl (C=O) groups excluding carboxylic acids is 1. The molecule has 158 valence electrons. The Kier molecular flexibility index (Phi) is 12.1. The van der Waals surface area contributed by atoms with Gasteiger partial charge in [0, 0.05) is 39.1 Å². The van der Waals surface area contributed by atoms with Gasteiger partial charge in [0.15, 0.2) is 5.96 Å². The Bertz CT molecular complexity index is 597. The summed E-state index contributed by atoms with van der Waals surface area (Å²) in [7, 11) is 0. The van der Waals surface area contributed by atoms with Crippen molar-refractivity contribution in [1.29, 1.82) is 0 Å². The van der Waals surface area contributed by atoms with Gasteiger partial charge in [-0.05, 0) is 37.7 Å². The molecule has 0 spiro atoms. The third-order valence-electron chi connectivity index (χ3n) is 4.84. The molecule has 2 unspecified atom stereocenters. The van der Waals surface area contributed by atoms with Crippen LogP contribution in [0.3, 0.4) is 0 Å². The predicted octanol–water partition coefficient (Wildman–Crippen LogP) is 2.93. The van der Waals surface area contributed by atoms with Crippen LogP contribution in [0.25, 0.3) is 0 Å². The first-order valence-corrected chi connectivity index (χ1v) is 10.1. The highest BCUT2D eigenvalue weighted by molar-refractivity contribution is 14.0. The SMILES string of the molecule is CCNC(=NCCC(O)c1ccccc1)NCCC(=O)N1CCCC(C)C1.I. The Labute approximate surface area is 186 Å². The quantitative estimate of drug-likeness (QED) is 0.290. The van der Waals surface area contributed by atoms with E-state index >= 15 is 0 Å². The first-order chi connectivity index (χ1) is 13.1. The minimum absolute atomic E-state index is 0. The number of nitrogens with zero attached hydrogens (tertiary/aromatic N) is 2. The maximum absolute atomic E-state index is 12.3. The van der Waals surface area contributed by atoms with Crippen molar-refractivity contribution >= 4 is 35.8 Å². The predicted molar refractivity (Wildman–Crippen MR) is 125 cm³/mol. The van der Waals surface area contributed by atoms with Crippen LogP contribution in [0.15, 0.2) is 35.3 Å². The number of aliphatic hydroxyl groups excluding tert-OH is 1. The number of rotatable bonds is 8. The number of guanidine groups is 1. The Morgan fingerprint density at radius 2 is 2.07 bits per heavy atom. The Morgan fingerprint density at radius 3 is 2.75 bits per heavy atom. The maximum Gasteiger partial charge on any atom is 0.224 e. The molecule has 1 aliphatic heterocycles. The van der Waals surface area contributed by atoms with Crippen molar-refractivity contribution in [3.05, 3.63) is 35.9 Å². The van der Waals surface area contributed by atoms with Gasteiger partial charge in [0.25, 0.3) is 0 Å². The van der Waals surface area contributed by atoms with E-state index in [0.717, 1.165) is 31.6 Å². The smallest absolute Gasteiger partial charge is 0.224 e. The molecule has 0 bridgehead atoms. The second-order valence-corrected chi connectivity index (χ2v) is 7.24. The molecule has 3 N–H and O–H groups in total. The fourth-order valence-electron chi connectivity index (χ4n) is 3.34. The molecule has 7 heteroatoms. The summed E-state index contributed by atoms with van der Waals surface area (Å²) in [5.41, 5.74) is 0.909. The number of aliphatic hydroxyl groups is 1. The zero-order valence-corrected chi connectivity index (χ0v) is 19.4. The van der Waals surface area contributed by atoms with Crippen LogP contribution in [0.5, 0.6) is 0 Å². The van der Waals surface area contributed by atoms with E-state index in [1.807, 2.05) is 42.2 Å². The van der Waals surface area contributed by atoms with Gasteiger partial charge in [-0.15, -0.1) is 24.0 Å². The Balaban J connectivity index is 0.00000392. The van der Waals surface area contributed by atoms with E-state index in [4.69, 9.17) is 0 Å². The zero-order valence-electron chi connectivity index (χ0n) is 17.1. The molecule has 2 rings (SSSR count). The normalized spacial score (nSPS) is 18.2. The highest BCUT2D eigenvalue weighted by Crippen LogP contribution is 2.16. The van der Waals surface area contributed by atoms with Crippen molar-refractivity contribution < 1.29 is 9.90 Å². The molecule has 1 heterocycles. The summed E-state index contributed by atoms with van der Waals surface area (Å²) in [6.07, 6.45) is 2.84. The van der Waals surface area contributed by atoms with Crippen molar-refractivity contribution in [2.75, 3.05) is 32.7 Å². The molecule has 28 heavy (non-hydrogen) atoms. The number of halogens is 1. The lowest BCUT2D eigenvalue weighted by Gasteiger charge is -2.31. The minimum Gasteiger partial charge on any atom is -0.388 e. The van der Waals surface area contributed by atoms with E-state index in [1.54, 1.807) is 0 Å². The molecule has 1 aromatic carbocycles. The first-order valence-electron chi connectivity index (χ1n) is 10.1. The molecule has 1 fully saturated rings. The second-order valence-electron chi connectivity index (χ2n) is 7.24.